The van der Waals surface area contributed by atoms with Crippen molar-refractivity contribution in [1.82, 2.24) is 25.4 Å². The van der Waals surface area contributed by atoms with E-state index in [4.69, 9.17) is 44.5 Å². The van der Waals surface area contributed by atoms with Crippen molar-refractivity contribution >= 4 is 52.3 Å². The lowest BCUT2D eigenvalue weighted by atomic mass is 9.99. The maximum atomic E-state index is 13.0. The van der Waals surface area contributed by atoms with E-state index in [0.717, 1.165) is 35.1 Å². The smallest absolute Gasteiger partial charge is 0.279 e. The van der Waals surface area contributed by atoms with Crippen LogP contribution in [0.5, 0.6) is 5.88 Å². The molecule has 1 fully saturated rings. The molecule has 2 atom stereocenters. The molecule has 2 amide bonds. The number of hydrogen-bond donors (Lipinski definition) is 3. The van der Waals surface area contributed by atoms with Gasteiger partial charge in [-0.05, 0) is 43.0 Å². The lowest BCUT2D eigenvalue weighted by Gasteiger charge is -2.20. The normalized spacial score (nSPS) is 17.2. The van der Waals surface area contributed by atoms with Crippen LogP contribution in [0.15, 0.2) is 53.3 Å². The Morgan fingerprint density at radius 2 is 1.76 bits per heavy atom. The summed E-state index contributed by atoms with van der Waals surface area (Å²) in [7, 11) is 3.01. The molecular weight excluding hydrogens is 639 g/mol. The first kappa shape index (κ1) is 31.0. The fourth-order valence-electron chi connectivity index (χ4n) is 5.92. The molecule has 0 radical (unpaired) electrons. The van der Waals surface area contributed by atoms with E-state index in [0.29, 0.717) is 51.9 Å². The Balaban J connectivity index is 1.29. The second kappa shape index (κ2) is 12.8. The molecule has 2 unspecified atom stereocenters. The molecule has 0 bridgehead atoms. The highest BCUT2D eigenvalue weighted by Gasteiger charge is 2.30. The van der Waals surface area contributed by atoms with Crippen molar-refractivity contribution < 1.29 is 14.3 Å². The second-order valence-corrected chi connectivity index (χ2v) is 12.1. The van der Waals surface area contributed by atoms with Gasteiger partial charge in [0.2, 0.25) is 11.8 Å². The molecule has 0 spiro atoms. The van der Waals surface area contributed by atoms with Crippen molar-refractivity contribution in [2.24, 2.45) is 7.05 Å². The molecular formula is C32H29Cl3N6O4. The Morgan fingerprint density at radius 3 is 2.49 bits per heavy atom. The number of rotatable bonds is 8. The van der Waals surface area contributed by atoms with Gasteiger partial charge in [-0.1, -0.05) is 65.1 Å². The Labute approximate surface area is 274 Å². The van der Waals surface area contributed by atoms with E-state index in [-0.39, 0.29) is 33.7 Å². The van der Waals surface area contributed by atoms with Gasteiger partial charge in [-0.25, -0.2) is 9.67 Å². The number of fused-ring (bicyclic) bond motifs is 1. The van der Waals surface area contributed by atoms with Gasteiger partial charge in [0.05, 0.1) is 28.5 Å². The third-order valence-electron chi connectivity index (χ3n) is 8.14. The Kier molecular flexibility index (Phi) is 8.83. The predicted molar refractivity (Wildman–Crippen MR) is 174 cm³/mol. The molecule has 4 aromatic rings. The van der Waals surface area contributed by atoms with Gasteiger partial charge in [0.25, 0.3) is 11.5 Å². The van der Waals surface area contributed by atoms with Gasteiger partial charge >= 0.3 is 0 Å². The standard InChI is InChI=1S/C32H29Cl3N6O4/c1-41-32(44)21(14-25(33)40-41)30(43)38-23-8-4-6-19(29(23)35)18-5-3-7-20(28(18)34)24-13-16-9-11-22(27(16)31(39-24)45-2)36-15-17-10-12-26(42)37-17/h3-8,13-14,17,22,36H,9-12,15H2,1-2H3,(H,37,42)(H,38,43). The maximum absolute atomic E-state index is 13.0. The van der Waals surface area contributed by atoms with Gasteiger partial charge in [-0.15, -0.1) is 0 Å². The molecule has 3 heterocycles. The highest BCUT2D eigenvalue weighted by atomic mass is 35.5. The molecule has 2 aromatic heterocycles. The van der Waals surface area contributed by atoms with Crippen molar-refractivity contribution in [1.29, 1.82) is 0 Å². The SMILES string of the molecule is COc1nc(-c2cccc(-c3cccc(NC(=O)c4cc(Cl)nn(C)c4=O)c3Cl)c2Cl)cc2c1C(NCC1CCC(=O)N1)CC2. The molecule has 0 saturated carbocycles. The summed E-state index contributed by atoms with van der Waals surface area (Å²) in [5.74, 6) is -0.0506. The molecule has 2 aliphatic rings. The van der Waals surface area contributed by atoms with Crippen molar-refractivity contribution in [3.05, 3.63) is 90.8 Å². The molecule has 2 aromatic carbocycles. The minimum Gasteiger partial charge on any atom is -0.481 e. The summed E-state index contributed by atoms with van der Waals surface area (Å²) in [4.78, 5) is 41.9. The molecule has 1 aliphatic heterocycles. The van der Waals surface area contributed by atoms with E-state index in [1.54, 1.807) is 25.3 Å². The van der Waals surface area contributed by atoms with Gasteiger partial charge in [0.15, 0.2) is 5.15 Å². The van der Waals surface area contributed by atoms with Crippen LogP contribution in [-0.4, -0.2) is 46.3 Å². The van der Waals surface area contributed by atoms with E-state index in [1.807, 2.05) is 24.3 Å². The lowest BCUT2D eigenvalue weighted by Crippen LogP contribution is -2.36. The molecule has 3 N–H and O–H groups in total. The number of halogens is 3. The average Bonchev–Trinajstić information content (AvgIpc) is 3.64. The molecule has 45 heavy (non-hydrogen) atoms. The van der Waals surface area contributed by atoms with Crippen molar-refractivity contribution in [2.45, 2.75) is 37.8 Å². The van der Waals surface area contributed by atoms with Crippen molar-refractivity contribution in [3.8, 4) is 28.3 Å². The van der Waals surface area contributed by atoms with Crippen molar-refractivity contribution in [3.63, 3.8) is 0 Å². The fraction of sp³-hybridized carbons (Fsp3) is 0.281. The third-order valence-corrected chi connectivity index (χ3v) is 9.14. The minimum absolute atomic E-state index is 0.00772. The number of anilines is 1. The van der Waals surface area contributed by atoms with Gasteiger partial charge in [-0.2, -0.15) is 5.10 Å². The summed E-state index contributed by atoms with van der Waals surface area (Å²) in [5, 5.41) is 13.8. The first-order valence-electron chi connectivity index (χ1n) is 14.4. The minimum atomic E-state index is -0.672. The Hall–Kier alpha value is -3.96. The van der Waals surface area contributed by atoms with Crippen LogP contribution in [0.4, 0.5) is 5.69 Å². The molecule has 6 rings (SSSR count). The molecule has 13 heteroatoms. The van der Waals surface area contributed by atoms with Gasteiger partial charge in [0.1, 0.15) is 5.56 Å². The summed E-state index contributed by atoms with van der Waals surface area (Å²) < 4.78 is 6.76. The highest BCUT2D eigenvalue weighted by Crippen LogP contribution is 2.44. The zero-order valence-electron chi connectivity index (χ0n) is 24.4. The van der Waals surface area contributed by atoms with E-state index in [1.165, 1.54) is 13.1 Å². The summed E-state index contributed by atoms with van der Waals surface area (Å²) in [6.07, 6.45) is 3.12. The number of methoxy groups -OCH3 is 1. The van der Waals surface area contributed by atoms with Crippen molar-refractivity contribution in [2.75, 3.05) is 19.0 Å². The van der Waals surface area contributed by atoms with Gasteiger partial charge < -0.3 is 20.7 Å². The van der Waals surface area contributed by atoms with Crippen LogP contribution in [-0.2, 0) is 18.3 Å². The largest absolute Gasteiger partial charge is 0.481 e. The quantitative estimate of drug-likeness (QED) is 0.224. The average molecular weight is 668 g/mol. The van der Waals surface area contributed by atoms with Gasteiger partial charge in [0, 0.05) is 54.4 Å². The summed E-state index contributed by atoms with van der Waals surface area (Å²) in [5.41, 5.74) is 4.25. The second-order valence-electron chi connectivity index (χ2n) is 11.0. The monoisotopic (exact) mass is 666 g/mol. The maximum Gasteiger partial charge on any atom is 0.279 e. The van der Waals surface area contributed by atoms with E-state index in [2.05, 4.69) is 21.0 Å². The number of aromatic nitrogens is 3. The number of nitrogens with one attached hydrogen (secondary N) is 3. The number of carbonyl (C=O) groups excluding carboxylic acids is 2. The van der Waals surface area contributed by atoms with E-state index >= 15 is 0 Å². The highest BCUT2D eigenvalue weighted by molar-refractivity contribution is 6.39. The Morgan fingerprint density at radius 1 is 1.02 bits per heavy atom. The third kappa shape index (κ3) is 6.15. The van der Waals surface area contributed by atoms with Crippen LogP contribution >= 0.6 is 34.8 Å². The zero-order valence-corrected chi connectivity index (χ0v) is 26.7. The molecule has 1 aliphatic carbocycles. The van der Waals surface area contributed by atoms with Crippen LogP contribution < -0.4 is 26.2 Å². The summed E-state index contributed by atoms with van der Waals surface area (Å²) >= 11 is 19.8. The van der Waals surface area contributed by atoms with Crippen LogP contribution in [0.1, 0.15) is 46.8 Å². The van der Waals surface area contributed by atoms with Crippen LogP contribution in [0.25, 0.3) is 22.4 Å². The van der Waals surface area contributed by atoms with Crippen LogP contribution in [0.2, 0.25) is 15.2 Å². The number of aryl methyl sites for hydroxylation is 2. The Bertz CT molecular complexity index is 1900. The van der Waals surface area contributed by atoms with Crippen LogP contribution in [0.3, 0.4) is 0 Å². The van der Waals surface area contributed by atoms with Gasteiger partial charge in [-0.3, -0.25) is 14.4 Å². The number of carbonyl (C=O) groups is 2. The van der Waals surface area contributed by atoms with Crippen LogP contribution in [0, 0.1) is 0 Å². The number of pyridine rings is 1. The number of amides is 2. The lowest BCUT2D eigenvalue weighted by molar-refractivity contribution is -0.119. The van der Waals surface area contributed by atoms with E-state index < -0.39 is 11.5 Å². The number of benzene rings is 2. The topological polar surface area (TPSA) is 127 Å². The fourth-order valence-corrected chi connectivity index (χ4v) is 6.74. The molecule has 232 valence electrons. The molecule has 10 nitrogen and oxygen atoms in total. The summed E-state index contributed by atoms with van der Waals surface area (Å²) in [6, 6.07) is 14.2. The first-order valence-corrected chi connectivity index (χ1v) is 15.5. The van der Waals surface area contributed by atoms with E-state index in [9.17, 15) is 14.4 Å². The summed E-state index contributed by atoms with van der Waals surface area (Å²) in [6.45, 7) is 0.682. The number of nitrogens with zero attached hydrogens (tertiary/aromatic N) is 3. The zero-order chi connectivity index (χ0) is 31.8. The number of hydrogen-bond acceptors (Lipinski definition) is 7. The molecule has 1 saturated heterocycles. The first-order chi connectivity index (χ1) is 21.6. The number of ether oxygens (including phenoxy) is 1. The predicted octanol–water partition coefficient (Wildman–Crippen LogP) is 5.59.